The van der Waals surface area contributed by atoms with Gasteiger partial charge in [0, 0.05) is 29.4 Å². The fraction of sp³-hybridized carbons (Fsp3) is 0.211. The van der Waals surface area contributed by atoms with Crippen LogP contribution in [-0.2, 0) is 9.53 Å². The number of rotatable bonds is 5. The molecule has 0 bridgehead atoms. The Hall–Kier alpha value is -2.74. The molecule has 1 N–H and O–H groups in total. The molecule has 6 nitrogen and oxygen atoms in total. The van der Waals surface area contributed by atoms with Crippen molar-refractivity contribution in [2.24, 2.45) is 0 Å². The van der Waals surface area contributed by atoms with E-state index in [1.807, 2.05) is 12.1 Å². The molecular weight excluding hydrogens is 417 g/mol. The lowest BCUT2D eigenvalue weighted by Gasteiger charge is -2.14. The molecule has 1 aliphatic rings. The fourth-order valence-corrected chi connectivity index (χ4v) is 3.14. The number of benzene rings is 1. The van der Waals surface area contributed by atoms with Gasteiger partial charge in [-0.15, -0.1) is 0 Å². The Morgan fingerprint density at radius 2 is 2.15 bits per heavy atom. The average molecular weight is 434 g/mol. The highest BCUT2D eigenvalue weighted by Crippen LogP contribution is 2.28. The van der Waals surface area contributed by atoms with Crippen LogP contribution < -0.4 is 10.2 Å². The quantitative estimate of drug-likeness (QED) is 0.781. The molecule has 1 fully saturated rings. The van der Waals surface area contributed by atoms with Gasteiger partial charge in [0.05, 0.1) is 18.8 Å². The molecule has 1 saturated heterocycles. The predicted molar refractivity (Wildman–Crippen MR) is 104 cm³/mol. The zero-order chi connectivity index (χ0) is 19.4. The maximum Gasteiger partial charge on any atom is 0.414 e. The number of cyclic esters (lactones) is 1. The highest BCUT2D eigenvalue weighted by atomic mass is 79.9. The van der Waals surface area contributed by atoms with Gasteiger partial charge in [0.1, 0.15) is 11.9 Å². The van der Waals surface area contributed by atoms with Crippen LogP contribution in [0.2, 0.25) is 0 Å². The van der Waals surface area contributed by atoms with Gasteiger partial charge in [-0.2, -0.15) is 0 Å². The Bertz CT molecular complexity index is 889. The zero-order valence-corrected chi connectivity index (χ0v) is 16.1. The van der Waals surface area contributed by atoms with E-state index in [1.165, 1.54) is 17.9 Å². The van der Waals surface area contributed by atoms with Crippen LogP contribution in [0, 0.1) is 5.82 Å². The Morgan fingerprint density at radius 1 is 1.41 bits per heavy atom. The highest BCUT2D eigenvalue weighted by Gasteiger charge is 2.32. The van der Waals surface area contributed by atoms with Crippen LogP contribution in [0.3, 0.4) is 0 Å². The molecule has 1 aromatic heterocycles. The van der Waals surface area contributed by atoms with E-state index in [-0.39, 0.29) is 19.0 Å². The van der Waals surface area contributed by atoms with Gasteiger partial charge in [-0.3, -0.25) is 14.7 Å². The van der Waals surface area contributed by atoms with Crippen molar-refractivity contribution in [2.75, 3.05) is 18.0 Å². The Labute approximate surface area is 164 Å². The first-order chi connectivity index (χ1) is 12.9. The number of aromatic nitrogens is 1. The van der Waals surface area contributed by atoms with Crippen LogP contribution in [-0.4, -0.2) is 36.2 Å². The molecule has 1 aliphatic heterocycles. The van der Waals surface area contributed by atoms with Crippen molar-refractivity contribution in [1.29, 1.82) is 0 Å². The summed E-state index contributed by atoms with van der Waals surface area (Å²) in [6, 6.07) is 8.16. The Balaban J connectivity index is 1.75. The van der Waals surface area contributed by atoms with Crippen LogP contribution in [0.5, 0.6) is 0 Å². The lowest BCUT2D eigenvalue weighted by atomic mass is 10.1. The first kappa shape index (κ1) is 19.0. The van der Waals surface area contributed by atoms with E-state index in [0.717, 1.165) is 5.56 Å². The number of nitrogens with one attached hydrogen (secondary N) is 1. The summed E-state index contributed by atoms with van der Waals surface area (Å²) in [5.41, 5.74) is 1.65. The third-order valence-electron chi connectivity index (χ3n) is 3.99. The molecule has 27 heavy (non-hydrogen) atoms. The molecule has 2 aromatic rings. The summed E-state index contributed by atoms with van der Waals surface area (Å²) < 4.78 is 20.5. The van der Waals surface area contributed by atoms with E-state index < -0.39 is 18.0 Å². The number of halogens is 2. The van der Waals surface area contributed by atoms with E-state index >= 15 is 0 Å². The van der Waals surface area contributed by atoms with Crippen molar-refractivity contribution in [1.82, 2.24) is 10.3 Å². The Morgan fingerprint density at radius 3 is 2.81 bits per heavy atom. The van der Waals surface area contributed by atoms with Gasteiger partial charge in [0.15, 0.2) is 0 Å². The third kappa shape index (κ3) is 4.71. The summed E-state index contributed by atoms with van der Waals surface area (Å²) >= 11 is 3.44. The Kier molecular flexibility index (Phi) is 5.85. The SMILES string of the molecule is CC(=O)NC[C@H]1CN(c2ccc(/C=C(\Br)c3ccncc3)c(F)c2)C(=O)O1. The number of carbonyl (C=O) groups is 2. The van der Waals surface area contributed by atoms with Crippen molar-refractivity contribution in [2.45, 2.75) is 13.0 Å². The minimum atomic E-state index is -0.564. The molecule has 2 amide bonds. The normalized spacial score (nSPS) is 17.0. The van der Waals surface area contributed by atoms with Crippen molar-refractivity contribution in [3.63, 3.8) is 0 Å². The highest BCUT2D eigenvalue weighted by molar-refractivity contribution is 9.15. The van der Waals surface area contributed by atoms with E-state index in [4.69, 9.17) is 4.74 Å². The smallest absolute Gasteiger partial charge is 0.414 e. The fourth-order valence-electron chi connectivity index (χ4n) is 2.63. The summed E-state index contributed by atoms with van der Waals surface area (Å²) in [5.74, 6) is -0.664. The second-order valence-electron chi connectivity index (χ2n) is 5.99. The summed E-state index contributed by atoms with van der Waals surface area (Å²) in [7, 11) is 0. The van der Waals surface area contributed by atoms with Crippen LogP contribution in [0.4, 0.5) is 14.9 Å². The maximum atomic E-state index is 14.5. The third-order valence-corrected chi connectivity index (χ3v) is 4.67. The van der Waals surface area contributed by atoms with Crippen LogP contribution in [0.1, 0.15) is 18.1 Å². The topological polar surface area (TPSA) is 71.5 Å². The van der Waals surface area contributed by atoms with Crippen molar-refractivity contribution >= 4 is 44.2 Å². The molecule has 0 saturated carbocycles. The lowest BCUT2D eigenvalue weighted by molar-refractivity contribution is -0.119. The minimum absolute atomic E-state index is 0.202. The van der Waals surface area contributed by atoms with E-state index in [1.54, 1.807) is 30.6 Å². The van der Waals surface area contributed by atoms with Gasteiger partial charge < -0.3 is 10.1 Å². The monoisotopic (exact) mass is 433 g/mol. The first-order valence-electron chi connectivity index (χ1n) is 8.24. The number of ether oxygens (including phenoxy) is 1. The number of carbonyl (C=O) groups excluding carboxylic acids is 2. The first-order valence-corrected chi connectivity index (χ1v) is 9.03. The van der Waals surface area contributed by atoms with Gasteiger partial charge in [0.25, 0.3) is 0 Å². The minimum Gasteiger partial charge on any atom is -0.442 e. The summed E-state index contributed by atoms with van der Waals surface area (Å²) in [5, 5.41) is 2.60. The molecule has 1 atom stereocenters. The standard InChI is InChI=1S/C19H17BrFN3O3/c1-12(25)23-10-16-11-24(19(26)27-16)15-3-2-14(18(21)9-15)8-17(20)13-4-6-22-7-5-13/h2-9,16H,10-11H2,1H3,(H,23,25)/b17-8-/t16-/m0/s1. The average Bonchev–Trinajstić information content (AvgIpc) is 3.03. The molecule has 0 unspecified atom stereocenters. The van der Waals surface area contributed by atoms with Gasteiger partial charge in [-0.25, -0.2) is 9.18 Å². The molecular formula is C19H17BrFN3O3. The molecule has 0 spiro atoms. The molecule has 1 aromatic carbocycles. The molecule has 3 rings (SSSR count). The second-order valence-corrected chi connectivity index (χ2v) is 6.84. The molecule has 0 aliphatic carbocycles. The van der Waals surface area contributed by atoms with E-state index in [2.05, 4.69) is 26.2 Å². The van der Waals surface area contributed by atoms with Gasteiger partial charge in [0.2, 0.25) is 5.91 Å². The number of pyridine rings is 1. The number of anilines is 1. The number of hydrogen-bond donors (Lipinski definition) is 1. The van der Waals surface area contributed by atoms with E-state index in [0.29, 0.717) is 15.7 Å². The van der Waals surface area contributed by atoms with Crippen LogP contribution in [0.25, 0.3) is 10.6 Å². The number of nitrogens with zero attached hydrogens (tertiary/aromatic N) is 2. The van der Waals surface area contributed by atoms with Crippen molar-refractivity contribution < 1.29 is 18.7 Å². The number of hydrogen-bond acceptors (Lipinski definition) is 4. The molecule has 0 radical (unpaired) electrons. The second kappa shape index (κ2) is 8.30. The number of amides is 2. The summed E-state index contributed by atoms with van der Waals surface area (Å²) in [6.07, 6.45) is 3.94. The lowest BCUT2D eigenvalue weighted by Crippen LogP contribution is -2.33. The van der Waals surface area contributed by atoms with Gasteiger partial charge >= 0.3 is 6.09 Å². The maximum absolute atomic E-state index is 14.5. The summed E-state index contributed by atoms with van der Waals surface area (Å²) in [6.45, 7) is 1.86. The van der Waals surface area contributed by atoms with Gasteiger partial charge in [-0.1, -0.05) is 15.9 Å². The predicted octanol–water partition coefficient (Wildman–Crippen LogP) is 3.58. The van der Waals surface area contributed by atoms with Crippen LogP contribution >= 0.6 is 15.9 Å². The van der Waals surface area contributed by atoms with E-state index in [9.17, 15) is 14.0 Å². The molecule has 2 heterocycles. The zero-order valence-electron chi connectivity index (χ0n) is 14.5. The molecule has 140 valence electrons. The van der Waals surface area contributed by atoms with Gasteiger partial charge in [-0.05, 0) is 42.0 Å². The van der Waals surface area contributed by atoms with Crippen molar-refractivity contribution in [3.8, 4) is 0 Å². The summed E-state index contributed by atoms with van der Waals surface area (Å²) in [4.78, 5) is 28.3. The largest absolute Gasteiger partial charge is 0.442 e. The van der Waals surface area contributed by atoms with Crippen molar-refractivity contribution in [3.05, 3.63) is 59.7 Å². The molecule has 8 heteroatoms. The van der Waals surface area contributed by atoms with Crippen LogP contribution in [0.15, 0.2) is 42.7 Å².